The van der Waals surface area contributed by atoms with E-state index in [1.165, 1.54) is 6.20 Å². The summed E-state index contributed by atoms with van der Waals surface area (Å²) in [6.07, 6.45) is 1.28. The van der Waals surface area contributed by atoms with Gasteiger partial charge in [0.1, 0.15) is 17.9 Å². The minimum absolute atomic E-state index is 0.131. The van der Waals surface area contributed by atoms with Crippen LogP contribution in [0.25, 0.3) is 10.9 Å². The molecule has 1 aromatic carbocycles. The summed E-state index contributed by atoms with van der Waals surface area (Å²) in [6, 6.07) is -0.200. The monoisotopic (exact) mass is 320 g/mol. The van der Waals surface area contributed by atoms with Crippen molar-refractivity contribution >= 4 is 22.6 Å². The largest absolute Gasteiger partial charge is 0.489 e. The Hall–Kier alpha value is -2.57. The Kier molecular flexibility index (Phi) is 3.31. The third-order valence-electron chi connectivity index (χ3n) is 4.19. The van der Waals surface area contributed by atoms with E-state index in [4.69, 9.17) is 10.5 Å². The molecule has 0 spiro atoms. The number of nitrogen functional groups attached to an aromatic ring is 1. The van der Waals surface area contributed by atoms with Gasteiger partial charge in [0.2, 0.25) is 5.43 Å². The Morgan fingerprint density at radius 1 is 1.52 bits per heavy atom. The molecule has 0 fully saturated rings. The van der Waals surface area contributed by atoms with E-state index in [0.29, 0.717) is 11.1 Å². The maximum atomic E-state index is 14.7. The van der Waals surface area contributed by atoms with Crippen LogP contribution in [0.3, 0.4) is 0 Å². The third-order valence-corrected chi connectivity index (χ3v) is 4.19. The van der Waals surface area contributed by atoms with E-state index in [1.807, 2.05) is 6.92 Å². The molecule has 1 atom stereocenters. The molecule has 0 bridgehead atoms. The number of anilines is 1. The lowest BCUT2D eigenvalue weighted by atomic mass is 9.95. The lowest BCUT2D eigenvalue weighted by Crippen LogP contribution is -2.28. The molecule has 3 rings (SSSR count). The highest BCUT2D eigenvalue weighted by Gasteiger charge is 2.31. The zero-order valence-corrected chi connectivity index (χ0v) is 13.0. The first-order valence-electron chi connectivity index (χ1n) is 7.31. The average molecular weight is 320 g/mol. The van der Waals surface area contributed by atoms with E-state index in [2.05, 4.69) is 0 Å². The fraction of sp³-hybridized carbons (Fsp3) is 0.375. The number of rotatable bonds is 2. The number of ether oxygens (including phenoxy) is 1. The number of aromatic nitrogens is 1. The highest BCUT2D eigenvalue weighted by Crippen LogP contribution is 2.42. The Morgan fingerprint density at radius 3 is 2.74 bits per heavy atom. The van der Waals surface area contributed by atoms with Crippen LogP contribution < -0.4 is 15.9 Å². The van der Waals surface area contributed by atoms with Gasteiger partial charge in [-0.05, 0) is 12.8 Å². The lowest BCUT2D eigenvalue weighted by Gasteiger charge is -2.30. The summed E-state index contributed by atoms with van der Waals surface area (Å²) in [5.41, 5.74) is 4.96. The Morgan fingerprint density at radius 2 is 2.17 bits per heavy atom. The molecule has 122 valence electrons. The number of benzene rings is 1. The van der Waals surface area contributed by atoms with Gasteiger partial charge in [0.05, 0.1) is 22.6 Å². The first-order valence-corrected chi connectivity index (χ1v) is 7.31. The predicted molar refractivity (Wildman–Crippen MR) is 83.8 cm³/mol. The van der Waals surface area contributed by atoms with Crippen molar-refractivity contribution < 1.29 is 19.0 Å². The highest BCUT2D eigenvalue weighted by molar-refractivity contribution is 6.01. The van der Waals surface area contributed by atoms with Crippen LogP contribution in [-0.4, -0.2) is 22.2 Å². The number of nitrogens with two attached hydrogens (primary N) is 1. The van der Waals surface area contributed by atoms with Crippen molar-refractivity contribution in [2.24, 2.45) is 0 Å². The summed E-state index contributed by atoms with van der Waals surface area (Å²) in [7, 11) is 0. The van der Waals surface area contributed by atoms with Crippen LogP contribution in [0.1, 0.15) is 48.7 Å². The second-order valence-corrected chi connectivity index (χ2v) is 6.09. The number of carboxylic acid groups (broad SMARTS) is 1. The van der Waals surface area contributed by atoms with Gasteiger partial charge in [-0.1, -0.05) is 13.8 Å². The topological polar surface area (TPSA) is 94.5 Å². The molecule has 2 aromatic rings. The molecule has 2 heterocycles. The number of aromatic carboxylic acids is 1. The lowest BCUT2D eigenvalue weighted by molar-refractivity contribution is 0.0694. The molecule has 3 N–H and O–H groups in total. The van der Waals surface area contributed by atoms with Gasteiger partial charge in [0, 0.05) is 11.8 Å². The van der Waals surface area contributed by atoms with Crippen LogP contribution in [0.5, 0.6) is 5.75 Å². The normalized spacial score (nSPS) is 16.7. The van der Waals surface area contributed by atoms with Gasteiger partial charge in [-0.15, -0.1) is 0 Å². The molecule has 0 saturated carbocycles. The zero-order chi connectivity index (χ0) is 17.0. The summed E-state index contributed by atoms with van der Waals surface area (Å²) < 4.78 is 22.0. The van der Waals surface area contributed by atoms with Crippen molar-refractivity contribution in [3.63, 3.8) is 0 Å². The maximum Gasteiger partial charge on any atom is 0.341 e. The molecule has 6 nitrogen and oxygen atoms in total. The number of hydrogen-bond donors (Lipinski definition) is 2. The van der Waals surface area contributed by atoms with Gasteiger partial charge in [0.25, 0.3) is 0 Å². The molecule has 0 saturated heterocycles. The average Bonchev–Trinajstić information content (AvgIpc) is 2.47. The maximum absolute atomic E-state index is 14.7. The summed E-state index contributed by atoms with van der Waals surface area (Å²) in [6.45, 7) is 5.69. The van der Waals surface area contributed by atoms with Crippen molar-refractivity contribution in [3.05, 3.63) is 33.4 Å². The summed E-state index contributed by atoms with van der Waals surface area (Å²) >= 11 is 0. The molecule has 7 heteroatoms. The molecule has 1 aromatic heterocycles. The van der Waals surface area contributed by atoms with E-state index in [-0.39, 0.29) is 35.4 Å². The second-order valence-electron chi connectivity index (χ2n) is 6.09. The summed E-state index contributed by atoms with van der Waals surface area (Å²) in [4.78, 5) is 23.8. The molecular weight excluding hydrogens is 303 g/mol. The third kappa shape index (κ3) is 1.99. The fourth-order valence-corrected chi connectivity index (χ4v) is 3.04. The number of nitrogens with zero attached hydrogens (tertiary/aromatic N) is 1. The Balaban J connectivity index is 2.62. The van der Waals surface area contributed by atoms with Crippen molar-refractivity contribution in [2.45, 2.75) is 32.7 Å². The summed E-state index contributed by atoms with van der Waals surface area (Å²) in [5.74, 6) is -2.02. The molecule has 1 aliphatic heterocycles. The highest BCUT2D eigenvalue weighted by atomic mass is 19.1. The number of carboxylic acids is 1. The second kappa shape index (κ2) is 4.97. The molecule has 0 radical (unpaired) electrons. The number of pyridine rings is 1. The van der Waals surface area contributed by atoms with E-state index in [9.17, 15) is 19.1 Å². The standard InChI is InChI=1S/C16H17FN2O4/c1-6(2)9-11(17)12(18)10-13-15(9)23-5-7(3)19(13)4-8(14(10)20)16(21)22/h4,6-7H,5,18H2,1-3H3,(H,21,22)/t7-/m0/s1. The number of carbonyl (C=O) groups is 1. The predicted octanol–water partition coefficient (Wildman–Crippen LogP) is 2.50. The van der Waals surface area contributed by atoms with Crippen LogP contribution in [0.2, 0.25) is 0 Å². The molecule has 0 aliphatic carbocycles. The number of hydrogen-bond acceptors (Lipinski definition) is 4. The van der Waals surface area contributed by atoms with Gasteiger partial charge < -0.3 is 20.1 Å². The quantitative estimate of drug-likeness (QED) is 0.829. The zero-order valence-electron chi connectivity index (χ0n) is 13.0. The van der Waals surface area contributed by atoms with Crippen molar-refractivity contribution in [1.82, 2.24) is 4.57 Å². The van der Waals surface area contributed by atoms with Crippen LogP contribution in [0, 0.1) is 5.82 Å². The van der Waals surface area contributed by atoms with Crippen LogP contribution in [0.4, 0.5) is 10.1 Å². The molecule has 1 aliphatic rings. The number of halogens is 1. The van der Waals surface area contributed by atoms with Crippen LogP contribution in [-0.2, 0) is 0 Å². The van der Waals surface area contributed by atoms with Gasteiger partial charge in [-0.3, -0.25) is 4.79 Å². The van der Waals surface area contributed by atoms with E-state index in [0.717, 1.165) is 0 Å². The first-order chi connectivity index (χ1) is 10.8. The smallest absolute Gasteiger partial charge is 0.341 e. The van der Waals surface area contributed by atoms with E-state index >= 15 is 0 Å². The van der Waals surface area contributed by atoms with Gasteiger partial charge >= 0.3 is 5.97 Å². The minimum Gasteiger partial charge on any atom is -0.489 e. The van der Waals surface area contributed by atoms with Gasteiger partial charge in [-0.25, -0.2) is 9.18 Å². The molecule has 0 amide bonds. The van der Waals surface area contributed by atoms with Gasteiger partial charge in [-0.2, -0.15) is 0 Å². The van der Waals surface area contributed by atoms with Crippen molar-refractivity contribution in [2.75, 3.05) is 12.3 Å². The van der Waals surface area contributed by atoms with E-state index in [1.54, 1.807) is 18.4 Å². The molecule has 23 heavy (non-hydrogen) atoms. The summed E-state index contributed by atoms with van der Waals surface area (Å²) in [5, 5.41) is 9.11. The van der Waals surface area contributed by atoms with E-state index < -0.39 is 22.8 Å². The van der Waals surface area contributed by atoms with Crippen LogP contribution in [0.15, 0.2) is 11.0 Å². The Bertz CT molecular complexity index is 902. The van der Waals surface area contributed by atoms with Crippen LogP contribution >= 0.6 is 0 Å². The minimum atomic E-state index is -1.37. The van der Waals surface area contributed by atoms with Crippen molar-refractivity contribution in [3.8, 4) is 5.75 Å². The molecule has 0 unspecified atom stereocenters. The Labute approximate surface area is 131 Å². The van der Waals surface area contributed by atoms with Crippen molar-refractivity contribution in [1.29, 1.82) is 0 Å². The SMILES string of the molecule is CC(C)c1c(F)c(N)c2c(=O)c(C(=O)O)cn3c2c1OC[C@@H]3C. The van der Waals surface area contributed by atoms with Gasteiger partial charge in [0.15, 0.2) is 5.82 Å². The first kappa shape index (κ1) is 15.3. The fourth-order valence-electron chi connectivity index (χ4n) is 3.04. The molecular formula is C16H17FN2O4.